The van der Waals surface area contributed by atoms with Crippen LogP contribution in [0.2, 0.25) is 0 Å². The SMILES string of the molecule is CC(=O)N[C@@H]1[C@@H](O)[C@H](F)[C@](O[C@H]2[C@@H](O)[C@@H](CO)O[C@@H](O[C@H]3[C@H](O)[C@@H](O)[C@H](O)O[C@@H]3CO)[C@@H]2O)(C(=O)O)O[C@H]1[C@H](O)[C@H](O)CO. The summed E-state index contributed by atoms with van der Waals surface area (Å²) in [5, 5.41) is 124. The van der Waals surface area contributed by atoms with Gasteiger partial charge in [0.1, 0.15) is 73.2 Å². The van der Waals surface area contributed by atoms with Crippen molar-refractivity contribution < 1.29 is 98.9 Å². The average Bonchev–Trinajstić information content (AvgIpc) is 2.98. The van der Waals surface area contributed by atoms with E-state index in [1.54, 1.807) is 0 Å². The minimum Gasteiger partial charge on any atom is -0.477 e. The van der Waals surface area contributed by atoms with Crippen LogP contribution in [0, 0.1) is 0 Å². The predicted molar refractivity (Wildman–Crippen MR) is 130 cm³/mol. The third-order valence-corrected chi connectivity index (χ3v) is 7.55. The van der Waals surface area contributed by atoms with E-state index in [4.69, 9.17) is 23.7 Å². The normalized spacial score (nSPS) is 46.2. The Morgan fingerprint density at radius 2 is 1.50 bits per heavy atom. The van der Waals surface area contributed by atoms with Crippen molar-refractivity contribution in [1.82, 2.24) is 5.32 Å². The Morgan fingerprint density at radius 1 is 0.886 bits per heavy atom. The van der Waals surface area contributed by atoms with Crippen molar-refractivity contribution in [2.24, 2.45) is 0 Å². The van der Waals surface area contributed by atoms with E-state index in [1.165, 1.54) is 0 Å². The molecule has 44 heavy (non-hydrogen) atoms. The largest absolute Gasteiger partial charge is 0.477 e. The van der Waals surface area contributed by atoms with E-state index in [-0.39, 0.29) is 0 Å². The van der Waals surface area contributed by atoms with Crippen LogP contribution in [-0.2, 0) is 33.3 Å². The molecule has 0 aromatic heterocycles. The van der Waals surface area contributed by atoms with Crippen LogP contribution in [0.15, 0.2) is 0 Å². The summed E-state index contributed by atoms with van der Waals surface area (Å²) in [7, 11) is 0. The van der Waals surface area contributed by atoms with Gasteiger partial charge >= 0.3 is 11.8 Å². The smallest absolute Gasteiger partial charge is 0.367 e. The first kappa shape index (κ1) is 36.7. The van der Waals surface area contributed by atoms with Crippen molar-refractivity contribution >= 4 is 11.9 Å². The van der Waals surface area contributed by atoms with E-state index >= 15 is 4.39 Å². The Bertz CT molecular complexity index is 980. The molecule has 3 rings (SSSR count). The van der Waals surface area contributed by atoms with E-state index in [9.17, 15) is 70.9 Å². The van der Waals surface area contributed by atoms with Gasteiger partial charge in [0.25, 0.3) is 0 Å². The van der Waals surface area contributed by atoms with Crippen LogP contribution >= 0.6 is 0 Å². The number of aliphatic hydroxyl groups excluding tert-OH is 11. The molecule has 3 aliphatic rings. The number of hydrogen-bond acceptors (Lipinski definition) is 18. The summed E-state index contributed by atoms with van der Waals surface area (Å²) in [6.45, 7) is -2.22. The van der Waals surface area contributed by atoms with Crippen molar-refractivity contribution in [3.05, 3.63) is 0 Å². The minimum absolute atomic E-state index is 0.917. The van der Waals surface area contributed by atoms with Gasteiger partial charge in [-0.05, 0) is 0 Å². The van der Waals surface area contributed by atoms with Crippen LogP contribution in [0.5, 0.6) is 0 Å². The highest BCUT2D eigenvalue weighted by Crippen LogP contribution is 2.39. The van der Waals surface area contributed by atoms with Gasteiger partial charge in [-0.3, -0.25) is 4.79 Å². The molecule has 3 heterocycles. The molecular formula is C23H38FNO19. The quantitative estimate of drug-likeness (QED) is 0.0986. The lowest BCUT2D eigenvalue weighted by Crippen LogP contribution is -2.75. The summed E-state index contributed by atoms with van der Waals surface area (Å²) in [6.07, 6.45) is -32.4. The molecule has 0 bridgehead atoms. The molecule has 0 spiro atoms. The Balaban J connectivity index is 1.99. The third kappa shape index (κ3) is 6.97. The molecule has 0 radical (unpaired) electrons. The fourth-order valence-electron chi connectivity index (χ4n) is 5.16. The Labute approximate surface area is 247 Å². The van der Waals surface area contributed by atoms with Gasteiger partial charge < -0.3 is 90.3 Å². The molecule has 17 atom stereocenters. The Hall–Kier alpha value is -1.77. The molecule has 0 aromatic carbocycles. The number of carboxylic acid groups (broad SMARTS) is 1. The van der Waals surface area contributed by atoms with Crippen LogP contribution in [0.25, 0.3) is 0 Å². The molecule has 0 unspecified atom stereocenters. The van der Waals surface area contributed by atoms with Crippen LogP contribution in [0.1, 0.15) is 6.92 Å². The van der Waals surface area contributed by atoms with E-state index < -0.39 is 136 Å². The molecule has 3 saturated heterocycles. The number of carboxylic acids is 1. The highest BCUT2D eigenvalue weighted by Gasteiger charge is 2.65. The fraction of sp³-hybridized carbons (Fsp3) is 0.913. The van der Waals surface area contributed by atoms with Crippen LogP contribution < -0.4 is 5.32 Å². The topological polar surface area (TPSA) is 335 Å². The van der Waals surface area contributed by atoms with Gasteiger partial charge in [-0.25, -0.2) is 9.18 Å². The van der Waals surface area contributed by atoms with E-state index in [0.717, 1.165) is 6.92 Å². The van der Waals surface area contributed by atoms with Crippen molar-refractivity contribution in [1.29, 1.82) is 0 Å². The second-order valence-electron chi connectivity index (χ2n) is 10.5. The number of nitrogens with one attached hydrogen (secondary N) is 1. The molecule has 20 nitrogen and oxygen atoms in total. The molecule has 256 valence electrons. The number of alkyl halides is 1. The molecule has 0 aliphatic carbocycles. The lowest BCUT2D eigenvalue weighted by molar-refractivity contribution is -0.394. The molecule has 3 fully saturated rings. The van der Waals surface area contributed by atoms with Crippen molar-refractivity contribution in [2.75, 3.05) is 19.8 Å². The lowest BCUT2D eigenvalue weighted by atomic mass is 9.86. The van der Waals surface area contributed by atoms with E-state index in [2.05, 4.69) is 0 Å². The summed E-state index contributed by atoms with van der Waals surface area (Å²) in [5.74, 6) is -7.00. The first-order valence-corrected chi connectivity index (χ1v) is 13.3. The third-order valence-electron chi connectivity index (χ3n) is 7.55. The summed E-state index contributed by atoms with van der Waals surface area (Å²) < 4.78 is 42.0. The minimum atomic E-state index is -3.73. The van der Waals surface area contributed by atoms with Crippen LogP contribution in [0.4, 0.5) is 4.39 Å². The molecule has 0 saturated carbocycles. The molecular weight excluding hydrogens is 613 g/mol. The van der Waals surface area contributed by atoms with Crippen molar-refractivity contribution in [3.63, 3.8) is 0 Å². The number of carbonyl (C=O) groups excluding carboxylic acids is 1. The zero-order chi connectivity index (χ0) is 33.3. The second kappa shape index (κ2) is 14.8. The maximum absolute atomic E-state index is 15.8. The summed E-state index contributed by atoms with van der Waals surface area (Å²) in [5.41, 5.74) is 0. The summed E-state index contributed by atoms with van der Waals surface area (Å²) in [6, 6.07) is -1.94. The van der Waals surface area contributed by atoms with Crippen molar-refractivity contribution in [2.45, 2.75) is 111 Å². The number of halogens is 1. The van der Waals surface area contributed by atoms with Crippen LogP contribution in [0.3, 0.4) is 0 Å². The van der Waals surface area contributed by atoms with Gasteiger partial charge in [0.15, 0.2) is 18.8 Å². The number of hydrogen-bond donors (Lipinski definition) is 13. The van der Waals surface area contributed by atoms with E-state index in [0.29, 0.717) is 0 Å². The van der Waals surface area contributed by atoms with Gasteiger partial charge in [0, 0.05) is 6.92 Å². The second-order valence-corrected chi connectivity index (χ2v) is 10.5. The molecule has 13 N–H and O–H groups in total. The zero-order valence-electron chi connectivity index (χ0n) is 23.0. The fourth-order valence-corrected chi connectivity index (χ4v) is 5.16. The molecule has 3 aliphatic heterocycles. The first-order valence-electron chi connectivity index (χ1n) is 13.3. The standard InChI is InChI=1S/C23H38FNO19/c1-5(29)25-9-12(33)19(24)23(22(38)39,43-17(9)10(31)6(30)2-26)44-18-11(32)7(3-27)41-21(15(18)36)42-16-8(4-28)40-20(37)14(35)13(16)34/h6-21,26-28,30-37H,2-4H2,1H3,(H,25,29)(H,38,39)/t6-,7-,8-,9-,10-,11+,12-,13-,14-,15-,16-,17-,18+,19+,20-,21+,23+/m1/s1. The monoisotopic (exact) mass is 651 g/mol. The lowest BCUT2D eigenvalue weighted by Gasteiger charge is -2.51. The van der Waals surface area contributed by atoms with Crippen molar-refractivity contribution in [3.8, 4) is 0 Å². The van der Waals surface area contributed by atoms with Gasteiger partial charge in [0.05, 0.1) is 25.9 Å². The predicted octanol–water partition coefficient (Wildman–Crippen LogP) is -8.28. The molecule has 0 aromatic rings. The molecule has 21 heteroatoms. The number of ether oxygens (including phenoxy) is 5. The van der Waals surface area contributed by atoms with E-state index in [1.807, 2.05) is 5.32 Å². The zero-order valence-corrected chi connectivity index (χ0v) is 23.0. The van der Waals surface area contributed by atoms with Crippen LogP contribution in [-0.4, -0.2) is 197 Å². The molecule has 1 amide bonds. The highest BCUT2D eigenvalue weighted by molar-refractivity contribution is 5.77. The number of aliphatic hydroxyl groups is 11. The highest BCUT2D eigenvalue weighted by atomic mass is 19.1. The van der Waals surface area contributed by atoms with Gasteiger partial charge in [-0.1, -0.05) is 0 Å². The van der Waals surface area contributed by atoms with Gasteiger partial charge in [-0.2, -0.15) is 0 Å². The number of aliphatic carboxylic acids is 1. The maximum Gasteiger partial charge on any atom is 0.367 e. The van der Waals surface area contributed by atoms with Gasteiger partial charge in [0.2, 0.25) is 5.91 Å². The summed E-state index contributed by atoms with van der Waals surface area (Å²) >= 11 is 0. The Morgan fingerprint density at radius 3 is 2.02 bits per heavy atom. The summed E-state index contributed by atoms with van der Waals surface area (Å²) in [4.78, 5) is 24.2. The van der Waals surface area contributed by atoms with Gasteiger partial charge in [-0.15, -0.1) is 0 Å². The number of carbonyl (C=O) groups is 2. The number of amides is 1. The maximum atomic E-state index is 15.8. The number of rotatable bonds is 11. The first-order chi connectivity index (χ1) is 20.6. The average molecular weight is 652 g/mol. The Kier molecular flexibility index (Phi) is 12.3.